The molecule has 0 atom stereocenters. The van der Waals surface area contributed by atoms with Gasteiger partial charge in [-0.05, 0) is 26.8 Å². The number of aromatic nitrogens is 1. The van der Waals surface area contributed by atoms with Gasteiger partial charge >= 0.3 is 12.2 Å². The molecule has 0 spiro atoms. The van der Waals surface area contributed by atoms with E-state index in [-0.39, 0.29) is 5.69 Å². The highest BCUT2D eigenvalue weighted by Gasteiger charge is 2.30. The van der Waals surface area contributed by atoms with Gasteiger partial charge in [-0.3, -0.25) is 0 Å². The van der Waals surface area contributed by atoms with E-state index in [0.717, 1.165) is 5.52 Å². The number of hydrogen-bond acceptors (Lipinski definition) is 3. The standard InChI is InChI=1S/C14H16N2O4/c1-14(2,3)20-13(19)16(12(17)18)11-8-15-10-7-5-4-6-9(10)11/h4-8,15H,1-3H3,(H,17,18). The summed E-state index contributed by atoms with van der Waals surface area (Å²) in [6, 6.07) is 7.13. The molecule has 1 aromatic heterocycles. The Morgan fingerprint density at radius 3 is 2.50 bits per heavy atom. The first-order chi connectivity index (χ1) is 9.29. The van der Waals surface area contributed by atoms with Crippen LogP contribution in [0.15, 0.2) is 30.5 Å². The number of aromatic amines is 1. The van der Waals surface area contributed by atoms with Gasteiger partial charge in [0.05, 0.1) is 5.69 Å². The lowest BCUT2D eigenvalue weighted by Crippen LogP contribution is -2.40. The predicted molar refractivity (Wildman–Crippen MR) is 75.0 cm³/mol. The fourth-order valence-corrected chi connectivity index (χ4v) is 1.83. The second-order valence-corrected chi connectivity index (χ2v) is 5.32. The summed E-state index contributed by atoms with van der Waals surface area (Å²) >= 11 is 0. The number of nitrogens with zero attached hydrogens (tertiary/aromatic N) is 1. The number of amides is 2. The predicted octanol–water partition coefficient (Wildman–Crippen LogP) is 3.59. The molecular weight excluding hydrogens is 260 g/mol. The lowest BCUT2D eigenvalue weighted by molar-refractivity contribution is 0.0582. The van der Waals surface area contributed by atoms with Crippen molar-refractivity contribution in [2.24, 2.45) is 0 Å². The number of anilines is 1. The molecule has 20 heavy (non-hydrogen) atoms. The maximum atomic E-state index is 12.1. The molecule has 2 N–H and O–H groups in total. The number of hydrogen-bond donors (Lipinski definition) is 2. The second kappa shape index (κ2) is 4.88. The molecule has 0 saturated heterocycles. The van der Waals surface area contributed by atoms with E-state index in [1.165, 1.54) is 6.20 Å². The number of rotatable bonds is 1. The maximum Gasteiger partial charge on any atom is 0.424 e. The lowest BCUT2D eigenvalue weighted by atomic mass is 10.2. The molecular formula is C14H16N2O4. The van der Waals surface area contributed by atoms with Crippen LogP contribution in [0.3, 0.4) is 0 Å². The fraction of sp³-hybridized carbons (Fsp3) is 0.286. The van der Waals surface area contributed by atoms with Crippen LogP contribution in [0.5, 0.6) is 0 Å². The van der Waals surface area contributed by atoms with E-state index in [1.807, 2.05) is 6.07 Å². The summed E-state index contributed by atoms with van der Waals surface area (Å²) in [6.45, 7) is 5.04. The van der Waals surface area contributed by atoms with Crippen LogP contribution >= 0.6 is 0 Å². The number of carboxylic acid groups (broad SMARTS) is 1. The Labute approximate surface area is 116 Å². The largest absolute Gasteiger partial charge is 0.464 e. The van der Waals surface area contributed by atoms with E-state index < -0.39 is 17.8 Å². The molecule has 106 valence electrons. The molecule has 1 aromatic carbocycles. The van der Waals surface area contributed by atoms with Crippen molar-refractivity contribution in [2.45, 2.75) is 26.4 Å². The SMILES string of the molecule is CC(C)(C)OC(=O)N(C(=O)O)c1c[nH]c2ccccc12. The molecule has 6 heteroatoms. The highest BCUT2D eigenvalue weighted by molar-refractivity contribution is 6.14. The summed E-state index contributed by atoms with van der Waals surface area (Å²) in [4.78, 5) is 27.0. The van der Waals surface area contributed by atoms with Gasteiger partial charge in [-0.2, -0.15) is 4.90 Å². The maximum absolute atomic E-state index is 12.1. The quantitative estimate of drug-likeness (QED) is 0.833. The Morgan fingerprint density at radius 1 is 1.25 bits per heavy atom. The molecule has 2 amide bonds. The minimum absolute atomic E-state index is 0.252. The van der Waals surface area contributed by atoms with Crippen molar-refractivity contribution in [2.75, 3.05) is 4.90 Å². The normalized spacial score (nSPS) is 11.3. The Morgan fingerprint density at radius 2 is 1.90 bits per heavy atom. The average Bonchev–Trinajstić information content (AvgIpc) is 2.71. The van der Waals surface area contributed by atoms with Crippen molar-refractivity contribution in [3.63, 3.8) is 0 Å². The van der Waals surface area contributed by atoms with Crippen molar-refractivity contribution in [1.82, 2.24) is 4.98 Å². The Bertz CT molecular complexity index is 654. The van der Waals surface area contributed by atoms with Crippen molar-refractivity contribution in [3.05, 3.63) is 30.5 Å². The average molecular weight is 276 g/mol. The molecule has 0 fully saturated rings. The zero-order chi connectivity index (χ0) is 14.9. The summed E-state index contributed by atoms with van der Waals surface area (Å²) in [5, 5.41) is 9.92. The highest BCUT2D eigenvalue weighted by Crippen LogP contribution is 2.28. The first-order valence-corrected chi connectivity index (χ1v) is 6.12. The van der Waals surface area contributed by atoms with Crippen LogP contribution in [0, 0.1) is 0 Å². The number of nitrogens with one attached hydrogen (secondary N) is 1. The van der Waals surface area contributed by atoms with Gasteiger partial charge in [-0.1, -0.05) is 18.2 Å². The fourth-order valence-electron chi connectivity index (χ4n) is 1.83. The number of H-pyrrole nitrogens is 1. The smallest absolute Gasteiger partial charge is 0.424 e. The van der Waals surface area contributed by atoms with Crippen LogP contribution in [0.2, 0.25) is 0 Å². The van der Waals surface area contributed by atoms with Crippen molar-refractivity contribution in [1.29, 1.82) is 0 Å². The van der Waals surface area contributed by atoms with Gasteiger partial charge in [0, 0.05) is 17.1 Å². The van der Waals surface area contributed by atoms with E-state index in [0.29, 0.717) is 10.3 Å². The third-order valence-electron chi connectivity index (χ3n) is 2.58. The molecule has 0 aliphatic rings. The third-order valence-corrected chi connectivity index (χ3v) is 2.58. The van der Waals surface area contributed by atoms with E-state index in [1.54, 1.807) is 39.0 Å². The van der Waals surface area contributed by atoms with Crippen LogP contribution in [0.4, 0.5) is 15.3 Å². The topological polar surface area (TPSA) is 82.6 Å². The number of ether oxygens (including phenoxy) is 1. The van der Waals surface area contributed by atoms with Crippen LogP contribution in [-0.2, 0) is 4.74 Å². The van der Waals surface area contributed by atoms with Crippen LogP contribution in [-0.4, -0.2) is 27.9 Å². The zero-order valence-corrected chi connectivity index (χ0v) is 11.5. The summed E-state index contributed by atoms with van der Waals surface area (Å²) in [5.74, 6) is 0. The Balaban J connectivity index is 2.44. The molecule has 2 aromatic rings. The number of fused-ring (bicyclic) bond motifs is 1. The van der Waals surface area contributed by atoms with Crippen molar-refractivity contribution in [3.8, 4) is 0 Å². The summed E-state index contributed by atoms with van der Waals surface area (Å²) < 4.78 is 5.13. The molecule has 6 nitrogen and oxygen atoms in total. The third kappa shape index (κ3) is 2.74. The summed E-state index contributed by atoms with van der Waals surface area (Å²) in [7, 11) is 0. The van der Waals surface area contributed by atoms with Gasteiger partial charge in [-0.25, -0.2) is 9.59 Å². The van der Waals surface area contributed by atoms with Gasteiger partial charge in [0.25, 0.3) is 0 Å². The number of carbonyl (C=O) groups is 2. The summed E-state index contributed by atoms with van der Waals surface area (Å²) in [6.07, 6.45) is -0.832. The zero-order valence-electron chi connectivity index (χ0n) is 11.5. The Kier molecular flexibility index (Phi) is 3.40. The first kappa shape index (κ1) is 13.9. The van der Waals surface area contributed by atoms with Gasteiger partial charge in [0.15, 0.2) is 0 Å². The molecule has 1 heterocycles. The van der Waals surface area contributed by atoms with Crippen molar-refractivity contribution < 1.29 is 19.4 Å². The second-order valence-electron chi connectivity index (χ2n) is 5.32. The molecule has 0 radical (unpaired) electrons. The van der Waals surface area contributed by atoms with Crippen LogP contribution in [0.25, 0.3) is 10.9 Å². The monoisotopic (exact) mass is 276 g/mol. The molecule has 0 bridgehead atoms. The minimum Gasteiger partial charge on any atom is -0.464 e. The van der Waals surface area contributed by atoms with E-state index in [4.69, 9.17) is 4.74 Å². The first-order valence-electron chi connectivity index (χ1n) is 6.12. The van der Waals surface area contributed by atoms with Gasteiger partial charge < -0.3 is 14.8 Å². The number of benzene rings is 1. The number of imide groups is 1. The molecule has 0 saturated carbocycles. The minimum atomic E-state index is -1.39. The molecule has 0 aliphatic heterocycles. The van der Waals surface area contributed by atoms with Gasteiger partial charge in [0.1, 0.15) is 5.60 Å². The van der Waals surface area contributed by atoms with Gasteiger partial charge in [-0.15, -0.1) is 0 Å². The highest BCUT2D eigenvalue weighted by atomic mass is 16.6. The van der Waals surface area contributed by atoms with Gasteiger partial charge in [0.2, 0.25) is 0 Å². The van der Waals surface area contributed by atoms with Crippen LogP contribution < -0.4 is 4.90 Å². The van der Waals surface area contributed by atoms with Crippen LogP contribution in [0.1, 0.15) is 20.8 Å². The number of carbonyl (C=O) groups excluding carboxylic acids is 1. The molecule has 2 rings (SSSR count). The molecule has 0 unspecified atom stereocenters. The van der Waals surface area contributed by atoms with E-state index >= 15 is 0 Å². The van der Waals surface area contributed by atoms with E-state index in [9.17, 15) is 14.7 Å². The van der Waals surface area contributed by atoms with Crippen molar-refractivity contribution >= 4 is 28.8 Å². The molecule has 0 aliphatic carbocycles. The van der Waals surface area contributed by atoms with E-state index in [2.05, 4.69) is 4.98 Å². The summed E-state index contributed by atoms with van der Waals surface area (Å²) in [5.41, 5.74) is 0.233. The lowest BCUT2D eigenvalue weighted by Gasteiger charge is -2.24. The Hall–Kier alpha value is -2.50. The number of para-hydroxylation sites is 1.